The molecule has 3 nitrogen and oxygen atoms in total. The number of pyridine rings is 1. The molecule has 0 radical (unpaired) electrons. The van der Waals surface area contributed by atoms with Crippen LogP contribution in [0.3, 0.4) is 0 Å². The molecule has 0 fully saturated rings. The molecule has 0 saturated heterocycles. The Balaban J connectivity index is 2.07. The number of halogens is 2. The van der Waals surface area contributed by atoms with Crippen molar-refractivity contribution in [3.8, 4) is 17.7 Å². The van der Waals surface area contributed by atoms with Crippen LogP contribution in [0.15, 0.2) is 53.0 Å². The average molecular weight is 360 g/mol. The summed E-state index contributed by atoms with van der Waals surface area (Å²) in [5.74, 6) is 0.834. The number of aromatic nitrogens is 1. The summed E-state index contributed by atoms with van der Waals surface area (Å²) in [4.78, 5) is 4.40. The molecular formula is C16H8BrClN2O. The lowest BCUT2D eigenvalue weighted by atomic mass is 10.1. The van der Waals surface area contributed by atoms with Crippen LogP contribution in [-0.2, 0) is 0 Å². The second-order valence-electron chi connectivity index (χ2n) is 4.31. The molecule has 0 spiro atoms. The minimum atomic E-state index is 0.342. The van der Waals surface area contributed by atoms with E-state index in [1.165, 1.54) is 0 Å². The van der Waals surface area contributed by atoms with Crippen LogP contribution in [0, 0.1) is 11.3 Å². The normalized spacial score (nSPS) is 10.3. The van der Waals surface area contributed by atoms with Crippen molar-refractivity contribution in [2.75, 3.05) is 0 Å². The lowest BCUT2D eigenvalue weighted by molar-refractivity contribution is 0.465. The van der Waals surface area contributed by atoms with Crippen LogP contribution < -0.4 is 4.74 Å². The van der Waals surface area contributed by atoms with Crippen molar-refractivity contribution < 1.29 is 4.74 Å². The van der Waals surface area contributed by atoms with Crippen molar-refractivity contribution in [1.29, 1.82) is 5.26 Å². The molecule has 0 bridgehead atoms. The van der Waals surface area contributed by atoms with Gasteiger partial charge in [-0.05, 0) is 24.3 Å². The third-order valence-electron chi connectivity index (χ3n) is 2.92. The Kier molecular flexibility index (Phi) is 3.78. The standard InChI is InChI=1S/C16H8BrClN2O/c17-11-5-6-15(13(18)8-11)21-16-7-10(9-19)12-3-1-2-4-14(12)20-16/h1-8H. The number of hydrogen-bond acceptors (Lipinski definition) is 3. The zero-order chi connectivity index (χ0) is 14.8. The number of fused-ring (bicyclic) bond motifs is 1. The second kappa shape index (κ2) is 5.72. The van der Waals surface area contributed by atoms with Crippen LogP contribution in [0.2, 0.25) is 5.02 Å². The van der Waals surface area contributed by atoms with Crippen molar-refractivity contribution in [2.45, 2.75) is 0 Å². The summed E-state index contributed by atoms with van der Waals surface area (Å²) in [5, 5.41) is 10.5. The zero-order valence-electron chi connectivity index (χ0n) is 10.7. The zero-order valence-corrected chi connectivity index (χ0v) is 13.0. The first-order valence-electron chi connectivity index (χ1n) is 6.10. The number of para-hydroxylation sites is 1. The van der Waals surface area contributed by atoms with Crippen LogP contribution in [0.25, 0.3) is 10.9 Å². The second-order valence-corrected chi connectivity index (χ2v) is 5.64. The van der Waals surface area contributed by atoms with Gasteiger partial charge < -0.3 is 4.74 Å². The molecule has 0 atom stereocenters. The van der Waals surface area contributed by atoms with E-state index in [0.29, 0.717) is 27.7 Å². The van der Waals surface area contributed by atoms with Crippen LogP contribution in [0.5, 0.6) is 11.6 Å². The lowest BCUT2D eigenvalue weighted by Crippen LogP contribution is -1.92. The molecule has 0 aliphatic rings. The average Bonchev–Trinajstić information content (AvgIpc) is 2.49. The van der Waals surface area contributed by atoms with Gasteiger partial charge in [-0.2, -0.15) is 5.26 Å². The summed E-state index contributed by atoms with van der Waals surface area (Å²) in [6.45, 7) is 0. The molecule has 102 valence electrons. The molecule has 0 N–H and O–H groups in total. The first-order valence-corrected chi connectivity index (χ1v) is 7.27. The van der Waals surface area contributed by atoms with Gasteiger partial charge in [0.15, 0.2) is 0 Å². The van der Waals surface area contributed by atoms with E-state index in [1.54, 1.807) is 18.2 Å². The highest BCUT2D eigenvalue weighted by atomic mass is 79.9. The number of rotatable bonds is 2. The third-order valence-corrected chi connectivity index (χ3v) is 3.71. The van der Waals surface area contributed by atoms with E-state index >= 15 is 0 Å². The van der Waals surface area contributed by atoms with Crippen molar-refractivity contribution in [3.63, 3.8) is 0 Å². The highest BCUT2D eigenvalue weighted by Gasteiger charge is 2.09. The maximum atomic E-state index is 9.25. The van der Waals surface area contributed by atoms with Gasteiger partial charge in [-0.3, -0.25) is 0 Å². The smallest absolute Gasteiger partial charge is 0.221 e. The number of benzene rings is 2. The van der Waals surface area contributed by atoms with Crippen LogP contribution in [-0.4, -0.2) is 4.98 Å². The molecule has 2 aromatic carbocycles. The molecular weight excluding hydrogens is 352 g/mol. The van der Waals surface area contributed by atoms with Gasteiger partial charge in [0.2, 0.25) is 5.88 Å². The van der Waals surface area contributed by atoms with E-state index < -0.39 is 0 Å². The van der Waals surface area contributed by atoms with E-state index in [2.05, 4.69) is 27.0 Å². The largest absolute Gasteiger partial charge is 0.437 e. The fourth-order valence-corrected chi connectivity index (χ4v) is 2.68. The molecule has 0 aliphatic heterocycles. The van der Waals surface area contributed by atoms with Gasteiger partial charge in [0.05, 0.1) is 16.1 Å². The lowest BCUT2D eigenvalue weighted by Gasteiger charge is -2.08. The number of hydrogen-bond donors (Lipinski definition) is 0. The number of nitrogens with zero attached hydrogens (tertiary/aromatic N) is 2. The van der Waals surface area contributed by atoms with Gasteiger partial charge in [-0.1, -0.05) is 45.7 Å². The topological polar surface area (TPSA) is 45.9 Å². The summed E-state index contributed by atoms with van der Waals surface area (Å²) in [7, 11) is 0. The van der Waals surface area contributed by atoms with E-state index in [-0.39, 0.29) is 0 Å². The van der Waals surface area contributed by atoms with E-state index in [0.717, 1.165) is 9.86 Å². The fourth-order valence-electron chi connectivity index (χ4n) is 1.97. The van der Waals surface area contributed by atoms with Crippen LogP contribution >= 0.6 is 27.5 Å². The molecule has 0 amide bonds. The predicted octanol–water partition coefficient (Wildman–Crippen LogP) is 5.31. The van der Waals surface area contributed by atoms with E-state index in [9.17, 15) is 5.26 Å². The van der Waals surface area contributed by atoms with Crippen LogP contribution in [0.4, 0.5) is 0 Å². The van der Waals surface area contributed by atoms with Gasteiger partial charge in [-0.25, -0.2) is 4.98 Å². The van der Waals surface area contributed by atoms with Crippen LogP contribution in [0.1, 0.15) is 5.56 Å². The fraction of sp³-hybridized carbons (Fsp3) is 0. The Morgan fingerprint density at radius 3 is 2.71 bits per heavy atom. The predicted molar refractivity (Wildman–Crippen MR) is 85.7 cm³/mol. The van der Waals surface area contributed by atoms with Gasteiger partial charge in [0.1, 0.15) is 11.8 Å². The first-order chi connectivity index (χ1) is 10.2. The summed E-state index contributed by atoms with van der Waals surface area (Å²) in [5.41, 5.74) is 1.23. The summed E-state index contributed by atoms with van der Waals surface area (Å²) in [6, 6.07) is 16.5. The number of nitriles is 1. The van der Waals surface area contributed by atoms with Gasteiger partial charge in [-0.15, -0.1) is 0 Å². The van der Waals surface area contributed by atoms with Crippen molar-refractivity contribution in [2.24, 2.45) is 0 Å². The Hall–Kier alpha value is -2.09. The minimum Gasteiger partial charge on any atom is -0.437 e. The van der Waals surface area contributed by atoms with E-state index in [4.69, 9.17) is 16.3 Å². The maximum absolute atomic E-state index is 9.25. The third kappa shape index (κ3) is 2.85. The molecule has 0 unspecified atom stereocenters. The minimum absolute atomic E-state index is 0.342. The summed E-state index contributed by atoms with van der Waals surface area (Å²) in [6.07, 6.45) is 0. The van der Waals surface area contributed by atoms with Crippen molar-refractivity contribution in [1.82, 2.24) is 4.98 Å². The Morgan fingerprint density at radius 2 is 1.95 bits per heavy atom. The first kappa shape index (κ1) is 13.9. The Morgan fingerprint density at radius 1 is 1.14 bits per heavy atom. The molecule has 3 rings (SSSR count). The van der Waals surface area contributed by atoms with Crippen molar-refractivity contribution in [3.05, 3.63) is 63.6 Å². The Bertz CT molecular complexity index is 874. The highest BCUT2D eigenvalue weighted by Crippen LogP contribution is 2.32. The highest BCUT2D eigenvalue weighted by molar-refractivity contribution is 9.10. The van der Waals surface area contributed by atoms with Gasteiger partial charge >= 0.3 is 0 Å². The molecule has 1 heterocycles. The number of ether oxygens (including phenoxy) is 1. The molecule has 3 aromatic rings. The van der Waals surface area contributed by atoms with E-state index in [1.807, 2.05) is 30.3 Å². The van der Waals surface area contributed by atoms with Gasteiger partial charge in [0, 0.05) is 15.9 Å². The molecule has 0 aliphatic carbocycles. The maximum Gasteiger partial charge on any atom is 0.221 e. The molecule has 0 saturated carbocycles. The molecule has 5 heteroatoms. The summed E-state index contributed by atoms with van der Waals surface area (Å²) >= 11 is 9.46. The quantitative estimate of drug-likeness (QED) is 0.622. The Labute approximate surface area is 134 Å². The van der Waals surface area contributed by atoms with Crippen molar-refractivity contribution >= 4 is 38.4 Å². The monoisotopic (exact) mass is 358 g/mol. The SMILES string of the molecule is N#Cc1cc(Oc2ccc(Br)cc2Cl)nc2ccccc12. The molecule has 1 aromatic heterocycles. The summed E-state index contributed by atoms with van der Waals surface area (Å²) < 4.78 is 6.56. The van der Waals surface area contributed by atoms with Gasteiger partial charge in [0.25, 0.3) is 0 Å². The molecule has 21 heavy (non-hydrogen) atoms.